The summed E-state index contributed by atoms with van der Waals surface area (Å²) in [6.07, 6.45) is -4.96. The summed E-state index contributed by atoms with van der Waals surface area (Å²) in [6.45, 7) is 4.61. The van der Waals surface area contributed by atoms with E-state index < -0.39 is 29.9 Å². The topological polar surface area (TPSA) is 87.7 Å². The van der Waals surface area contributed by atoms with Gasteiger partial charge in [0.15, 0.2) is 0 Å². The molecular formula is C24H28F3N3O4. The number of rotatable bonds is 9. The number of nitrogens with zero attached hydrogens (tertiary/aromatic N) is 1. The standard InChI is InChI=1S/C24H28F3N3O4/c1-5-30(23(33)24(25,26)27)14-16-7-6-8-18(13-16)28-22(32)20(15(2)3)29-21(31)17-9-11-19(34-4)12-10-17/h6-13,15,20H,5,14H2,1-4H3,(H,28,32)(H,29,31). The summed E-state index contributed by atoms with van der Waals surface area (Å²) in [5.41, 5.74) is 1.11. The van der Waals surface area contributed by atoms with Crippen LogP contribution in [0.25, 0.3) is 0 Å². The van der Waals surface area contributed by atoms with E-state index in [9.17, 15) is 27.6 Å². The van der Waals surface area contributed by atoms with E-state index >= 15 is 0 Å². The molecule has 0 aliphatic carbocycles. The fraction of sp³-hybridized carbons (Fsp3) is 0.375. The van der Waals surface area contributed by atoms with Gasteiger partial charge in [-0.2, -0.15) is 13.2 Å². The van der Waals surface area contributed by atoms with Gasteiger partial charge in [-0.15, -0.1) is 0 Å². The van der Waals surface area contributed by atoms with Crippen LogP contribution < -0.4 is 15.4 Å². The third kappa shape index (κ3) is 7.23. The van der Waals surface area contributed by atoms with Gasteiger partial charge >= 0.3 is 12.1 Å². The number of hydrogen-bond acceptors (Lipinski definition) is 4. The lowest BCUT2D eigenvalue weighted by Crippen LogP contribution is -2.47. The first-order chi connectivity index (χ1) is 16.0. The zero-order valence-corrected chi connectivity index (χ0v) is 19.4. The number of carbonyl (C=O) groups excluding carboxylic acids is 3. The monoisotopic (exact) mass is 479 g/mol. The van der Waals surface area contributed by atoms with Crippen molar-refractivity contribution in [3.63, 3.8) is 0 Å². The van der Waals surface area contributed by atoms with Gasteiger partial charge < -0.3 is 20.3 Å². The van der Waals surface area contributed by atoms with Crippen LogP contribution in [0.1, 0.15) is 36.7 Å². The first kappa shape index (κ1) is 26.7. The maximum Gasteiger partial charge on any atom is 0.471 e. The van der Waals surface area contributed by atoms with Gasteiger partial charge in [0.2, 0.25) is 5.91 Å². The molecule has 0 aliphatic rings. The van der Waals surface area contributed by atoms with Crippen molar-refractivity contribution in [1.82, 2.24) is 10.2 Å². The number of alkyl halides is 3. The van der Waals surface area contributed by atoms with Crippen LogP contribution in [0, 0.1) is 5.92 Å². The van der Waals surface area contributed by atoms with Gasteiger partial charge in [0.25, 0.3) is 5.91 Å². The molecule has 3 amide bonds. The van der Waals surface area contributed by atoms with E-state index in [-0.39, 0.29) is 19.0 Å². The molecule has 2 N–H and O–H groups in total. The molecule has 0 bridgehead atoms. The number of nitrogens with one attached hydrogen (secondary N) is 2. The van der Waals surface area contributed by atoms with Gasteiger partial charge in [-0.3, -0.25) is 14.4 Å². The molecule has 1 atom stereocenters. The number of carbonyl (C=O) groups is 3. The number of halogens is 3. The molecule has 10 heteroatoms. The Morgan fingerprint density at radius 1 is 1.06 bits per heavy atom. The Hall–Kier alpha value is -3.56. The average Bonchev–Trinajstić information content (AvgIpc) is 2.79. The van der Waals surface area contributed by atoms with E-state index in [2.05, 4.69) is 10.6 Å². The third-order valence-corrected chi connectivity index (χ3v) is 5.07. The lowest BCUT2D eigenvalue weighted by Gasteiger charge is -2.23. The Morgan fingerprint density at radius 2 is 1.71 bits per heavy atom. The van der Waals surface area contributed by atoms with Crippen LogP contribution in [0.4, 0.5) is 18.9 Å². The highest BCUT2D eigenvalue weighted by Crippen LogP contribution is 2.21. The first-order valence-corrected chi connectivity index (χ1v) is 10.7. The molecule has 0 aromatic heterocycles. The summed E-state index contributed by atoms with van der Waals surface area (Å²) in [5.74, 6) is -2.49. The van der Waals surface area contributed by atoms with E-state index in [4.69, 9.17) is 4.74 Å². The average molecular weight is 479 g/mol. The van der Waals surface area contributed by atoms with Crippen LogP contribution in [0.15, 0.2) is 48.5 Å². The highest BCUT2D eigenvalue weighted by Gasteiger charge is 2.41. The van der Waals surface area contributed by atoms with Crippen LogP contribution in [0.2, 0.25) is 0 Å². The Morgan fingerprint density at radius 3 is 2.24 bits per heavy atom. The third-order valence-electron chi connectivity index (χ3n) is 5.07. The summed E-state index contributed by atoms with van der Waals surface area (Å²) in [5, 5.41) is 5.40. The quantitative estimate of drug-likeness (QED) is 0.569. The van der Waals surface area contributed by atoms with E-state index in [1.807, 2.05) is 0 Å². The highest BCUT2D eigenvalue weighted by atomic mass is 19.4. The zero-order chi connectivity index (χ0) is 25.5. The molecule has 0 fully saturated rings. The molecule has 0 spiro atoms. The molecule has 34 heavy (non-hydrogen) atoms. The number of hydrogen-bond donors (Lipinski definition) is 2. The predicted molar refractivity (Wildman–Crippen MR) is 121 cm³/mol. The van der Waals surface area contributed by atoms with Crippen LogP contribution in [-0.2, 0) is 16.1 Å². The molecule has 0 saturated heterocycles. The number of benzene rings is 2. The minimum Gasteiger partial charge on any atom is -0.497 e. The SMILES string of the molecule is CCN(Cc1cccc(NC(=O)C(NC(=O)c2ccc(OC)cc2)C(C)C)c1)C(=O)C(F)(F)F. The molecule has 1 unspecified atom stereocenters. The normalized spacial score (nSPS) is 12.1. The van der Waals surface area contributed by atoms with Gasteiger partial charge in [0.05, 0.1) is 7.11 Å². The van der Waals surface area contributed by atoms with E-state index in [1.165, 1.54) is 20.1 Å². The molecule has 0 heterocycles. The largest absolute Gasteiger partial charge is 0.497 e. The summed E-state index contributed by atoms with van der Waals surface area (Å²) in [7, 11) is 1.51. The number of methoxy groups -OCH3 is 1. The summed E-state index contributed by atoms with van der Waals surface area (Å²) in [4.78, 5) is 37.7. The first-order valence-electron chi connectivity index (χ1n) is 10.7. The molecule has 184 valence electrons. The van der Waals surface area contributed by atoms with Crippen LogP contribution in [0.3, 0.4) is 0 Å². The minimum atomic E-state index is -4.96. The van der Waals surface area contributed by atoms with Gasteiger partial charge in [0, 0.05) is 24.3 Å². The van der Waals surface area contributed by atoms with Crippen LogP contribution >= 0.6 is 0 Å². The van der Waals surface area contributed by atoms with Crippen LogP contribution in [-0.4, -0.2) is 48.5 Å². The fourth-order valence-electron chi connectivity index (χ4n) is 3.20. The number of ether oxygens (including phenoxy) is 1. The fourth-order valence-corrected chi connectivity index (χ4v) is 3.20. The van der Waals surface area contributed by atoms with Crippen molar-refractivity contribution < 1.29 is 32.3 Å². The van der Waals surface area contributed by atoms with Gasteiger partial charge in [0.1, 0.15) is 11.8 Å². The van der Waals surface area contributed by atoms with Gasteiger partial charge in [-0.1, -0.05) is 26.0 Å². The second kappa shape index (κ2) is 11.5. The molecule has 0 aliphatic heterocycles. The summed E-state index contributed by atoms with van der Waals surface area (Å²) < 4.78 is 43.4. The van der Waals surface area contributed by atoms with Gasteiger partial charge in [-0.25, -0.2) is 0 Å². The smallest absolute Gasteiger partial charge is 0.471 e. The molecular weight excluding hydrogens is 451 g/mol. The van der Waals surface area contributed by atoms with E-state index in [1.54, 1.807) is 56.3 Å². The van der Waals surface area contributed by atoms with Crippen molar-refractivity contribution in [2.45, 2.75) is 39.5 Å². The Labute approximate surface area is 196 Å². The van der Waals surface area contributed by atoms with E-state index in [0.29, 0.717) is 27.5 Å². The molecule has 0 saturated carbocycles. The van der Waals surface area contributed by atoms with Crippen molar-refractivity contribution >= 4 is 23.4 Å². The van der Waals surface area contributed by atoms with Crippen molar-refractivity contribution in [2.75, 3.05) is 19.0 Å². The van der Waals surface area contributed by atoms with Crippen molar-refractivity contribution in [2.24, 2.45) is 5.92 Å². The second-order valence-corrected chi connectivity index (χ2v) is 7.93. The molecule has 7 nitrogen and oxygen atoms in total. The summed E-state index contributed by atoms with van der Waals surface area (Å²) >= 11 is 0. The molecule has 2 aromatic carbocycles. The lowest BCUT2D eigenvalue weighted by atomic mass is 10.0. The maximum atomic E-state index is 12.9. The van der Waals surface area contributed by atoms with Crippen molar-refractivity contribution in [3.05, 3.63) is 59.7 Å². The molecule has 2 rings (SSSR count). The number of amides is 3. The van der Waals surface area contributed by atoms with Crippen molar-refractivity contribution in [3.8, 4) is 5.75 Å². The molecule has 0 radical (unpaired) electrons. The highest BCUT2D eigenvalue weighted by molar-refractivity contribution is 6.01. The summed E-state index contributed by atoms with van der Waals surface area (Å²) in [6, 6.07) is 11.8. The van der Waals surface area contributed by atoms with Crippen LogP contribution in [0.5, 0.6) is 5.75 Å². The maximum absolute atomic E-state index is 12.9. The Kier molecular flexibility index (Phi) is 9.05. The number of anilines is 1. The zero-order valence-electron chi connectivity index (χ0n) is 19.4. The predicted octanol–water partition coefficient (Wildman–Crippen LogP) is 4.00. The second-order valence-electron chi connectivity index (χ2n) is 7.93. The Balaban J connectivity index is 2.11. The minimum absolute atomic E-state index is 0.123. The van der Waals surface area contributed by atoms with E-state index in [0.717, 1.165) is 0 Å². The van der Waals surface area contributed by atoms with Gasteiger partial charge in [-0.05, 0) is 54.8 Å². The lowest BCUT2D eigenvalue weighted by molar-refractivity contribution is -0.185. The molecule has 2 aromatic rings. The van der Waals surface area contributed by atoms with Crippen molar-refractivity contribution in [1.29, 1.82) is 0 Å². The Bertz CT molecular complexity index is 1010.